The second-order valence-electron chi connectivity index (χ2n) is 6.68. The molecule has 0 aliphatic carbocycles. The van der Waals surface area contributed by atoms with Crippen LogP contribution in [-0.4, -0.2) is 38.2 Å². The third kappa shape index (κ3) is 3.77. The largest absolute Gasteiger partial charge is 0.493 e. The molecule has 4 nitrogen and oxygen atoms in total. The van der Waals surface area contributed by atoms with Gasteiger partial charge in [0.05, 0.1) is 11.5 Å². The number of alkyl halides is 3. The number of halogens is 3. The van der Waals surface area contributed by atoms with Crippen LogP contribution in [0.5, 0.6) is 5.75 Å². The Hall–Kier alpha value is -1.72. The highest BCUT2D eigenvalue weighted by atomic mass is 32.2. The van der Waals surface area contributed by atoms with Gasteiger partial charge in [-0.25, -0.2) is 8.42 Å². The van der Waals surface area contributed by atoms with Crippen LogP contribution in [0, 0.1) is 12.3 Å². The van der Waals surface area contributed by atoms with Gasteiger partial charge >= 0.3 is 6.18 Å². The molecule has 2 atom stereocenters. The average Bonchev–Trinajstić information content (AvgIpc) is 2.45. The second-order valence-corrected chi connectivity index (χ2v) is 8.69. The Bertz CT molecular complexity index is 810. The van der Waals surface area contributed by atoms with Crippen molar-refractivity contribution in [2.24, 2.45) is 0 Å². The van der Waals surface area contributed by atoms with Crippen LogP contribution < -0.4 is 4.74 Å². The molecule has 0 fully saturated rings. The number of rotatable bonds is 4. The topological polar surface area (TPSA) is 63.6 Å². The summed E-state index contributed by atoms with van der Waals surface area (Å²) in [6.45, 7) is 1.71. The Kier molecular flexibility index (Phi) is 4.88. The lowest BCUT2D eigenvalue weighted by atomic mass is 9.69. The molecule has 2 rings (SSSR count). The Morgan fingerprint density at radius 1 is 1.40 bits per heavy atom. The molecule has 1 aliphatic heterocycles. The first kappa shape index (κ1) is 19.6. The van der Waals surface area contributed by atoms with Crippen molar-refractivity contribution in [3.8, 4) is 18.1 Å². The number of hydrogen-bond donors (Lipinski definition) is 1. The zero-order valence-electron chi connectivity index (χ0n) is 13.9. The minimum absolute atomic E-state index is 0.0181. The van der Waals surface area contributed by atoms with E-state index in [1.165, 1.54) is 18.2 Å². The van der Waals surface area contributed by atoms with Crippen LogP contribution in [0.4, 0.5) is 13.2 Å². The number of sulfone groups is 1. The van der Waals surface area contributed by atoms with Crippen LogP contribution in [0.3, 0.4) is 0 Å². The van der Waals surface area contributed by atoms with Crippen molar-refractivity contribution in [1.29, 1.82) is 0 Å². The minimum atomic E-state index is -4.91. The van der Waals surface area contributed by atoms with Crippen LogP contribution >= 0.6 is 0 Å². The fourth-order valence-corrected chi connectivity index (χ4v) is 3.77. The molecule has 1 N–H and O–H groups in total. The first-order valence-electron chi connectivity index (χ1n) is 7.52. The molecule has 138 valence electrons. The van der Waals surface area contributed by atoms with E-state index in [2.05, 4.69) is 0 Å². The number of fused-ring (bicyclic) bond motifs is 1. The molecule has 1 aromatic carbocycles. The third-order valence-electron chi connectivity index (χ3n) is 4.55. The molecule has 0 aromatic heterocycles. The summed E-state index contributed by atoms with van der Waals surface area (Å²) in [5.74, 6) is 2.20. The molecule has 8 heteroatoms. The first-order chi connectivity index (χ1) is 11.3. The second kappa shape index (κ2) is 6.22. The maximum Gasteiger partial charge on any atom is 0.418 e. The first-order valence-corrected chi connectivity index (χ1v) is 9.41. The molecule has 0 bridgehead atoms. The average molecular weight is 376 g/mol. The van der Waals surface area contributed by atoms with Crippen molar-refractivity contribution in [2.75, 3.05) is 12.9 Å². The van der Waals surface area contributed by atoms with Crippen molar-refractivity contribution in [3.05, 3.63) is 23.8 Å². The van der Waals surface area contributed by atoms with E-state index in [4.69, 9.17) is 11.2 Å². The van der Waals surface area contributed by atoms with E-state index >= 15 is 0 Å². The number of benzene rings is 1. The highest BCUT2D eigenvalue weighted by Gasteiger charge is 2.56. The van der Waals surface area contributed by atoms with E-state index in [1.54, 1.807) is 6.92 Å². The van der Waals surface area contributed by atoms with E-state index in [1.807, 2.05) is 5.92 Å². The molecular formula is C17H19F3O4S. The fourth-order valence-electron chi connectivity index (χ4n) is 3.12. The summed E-state index contributed by atoms with van der Waals surface area (Å²) in [5.41, 5.74) is -3.89. The predicted molar refractivity (Wildman–Crippen MR) is 86.1 cm³/mol. The fraction of sp³-hybridized carbons (Fsp3) is 0.529. The molecule has 0 radical (unpaired) electrons. The highest BCUT2D eigenvalue weighted by Crippen LogP contribution is 2.48. The predicted octanol–water partition coefficient (Wildman–Crippen LogP) is 2.84. The lowest BCUT2D eigenvalue weighted by Crippen LogP contribution is -2.50. The van der Waals surface area contributed by atoms with Crippen LogP contribution in [0.1, 0.15) is 31.7 Å². The summed E-state index contributed by atoms with van der Waals surface area (Å²) in [6, 6.07) is 4.09. The Morgan fingerprint density at radius 2 is 2.04 bits per heavy atom. The van der Waals surface area contributed by atoms with Crippen LogP contribution in [0.15, 0.2) is 23.1 Å². The van der Waals surface area contributed by atoms with Gasteiger partial charge in [0.2, 0.25) is 0 Å². The lowest BCUT2D eigenvalue weighted by Gasteiger charge is -2.42. The van der Waals surface area contributed by atoms with E-state index < -0.39 is 39.9 Å². The number of terminal acetylenes is 1. The number of hydrogen-bond acceptors (Lipinski definition) is 4. The zero-order chi connectivity index (χ0) is 19.1. The summed E-state index contributed by atoms with van der Waals surface area (Å²) in [4.78, 5) is -0.0181. The van der Waals surface area contributed by atoms with Crippen molar-refractivity contribution in [1.82, 2.24) is 0 Å². The zero-order valence-corrected chi connectivity index (χ0v) is 14.7. The van der Waals surface area contributed by atoms with E-state index in [0.717, 1.165) is 6.26 Å². The molecule has 1 heterocycles. The monoisotopic (exact) mass is 376 g/mol. The highest BCUT2D eigenvalue weighted by molar-refractivity contribution is 7.90. The smallest absolute Gasteiger partial charge is 0.418 e. The van der Waals surface area contributed by atoms with Crippen molar-refractivity contribution >= 4 is 9.84 Å². The Labute approximate surface area is 144 Å². The van der Waals surface area contributed by atoms with Gasteiger partial charge in [0.15, 0.2) is 15.4 Å². The minimum Gasteiger partial charge on any atom is -0.493 e. The maximum absolute atomic E-state index is 13.4. The normalized spacial score (nSPS) is 23.1. The molecule has 0 saturated heterocycles. The van der Waals surface area contributed by atoms with Gasteiger partial charge in [-0.2, -0.15) is 13.2 Å². The van der Waals surface area contributed by atoms with Gasteiger partial charge in [-0.1, -0.05) is 6.92 Å². The Balaban J connectivity index is 2.55. The molecule has 1 aliphatic rings. The summed E-state index contributed by atoms with van der Waals surface area (Å²) in [5, 5.41) is 10.2. The molecule has 0 saturated carbocycles. The molecule has 0 amide bonds. The lowest BCUT2D eigenvalue weighted by molar-refractivity contribution is -0.265. The van der Waals surface area contributed by atoms with Gasteiger partial charge in [0.25, 0.3) is 0 Å². The third-order valence-corrected chi connectivity index (χ3v) is 5.66. The van der Waals surface area contributed by atoms with Gasteiger partial charge in [-0.15, -0.1) is 12.3 Å². The summed E-state index contributed by atoms with van der Waals surface area (Å²) in [6.07, 6.45) is -0.246. The molecular weight excluding hydrogens is 357 g/mol. The number of ether oxygens (including phenoxy) is 1. The van der Waals surface area contributed by atoms with Crippen LogP contribution in [0.2, 0.25) is 0 Å². The van der Waals surface area contributed by atoms with E-state index in [0.29, 0.717) is 11.3 Å². The molecule has 25 heavy (non-hydrogen) atoms. The summed E-state index contributed by atoms with van der Waals surface area (Å²) in [7, 11) is -3.54. The summed E-state index contributed by atoms with van der Waals surface area (Å²) >= 11 is 0. The van der Waals surface area contributed by atoms with Gasteiger partial charge in [-0.3, -0.25) is 0 Å². The van der Waals surface area contributed by atoms with Gasteiger partial charge in [0, 0.05) is 23.7 Å². The molecule has 0 spiro atoms. The summed E-state index contributed by atoms with van der Waals surface area (Å²) < 4.78 is 69.2. The maximum atomic E-state index is 13.4. The van der Waals surface area contributed by atoms with Crippen molar-refractivity contribution in [2.45, 2.75) is 48.3 Å². The quantitative estimate of drug-likeness (QED) is 0.821. The van der Waals surface area contributed by atoms with Gasteiger partial charge in [0.1, 0.15) is 5.75 Å². The molecule has 1 aromatic rings. The van der Waals surface area contributed by atoms with Crippen molar-refractivity contribution in [3.63, 3.8) is 0 Å². The Morgan fingerprint density at radius 3 is 2.56 bits per heavy atom. The van der Waals surface area contributed by atoms with Crippen LogP contribution in [0.25, 0.3) is 0 Å². The molecule has 2 unspecified atom stereocenters. The SMILES string of the molecule is C#CCC(O)(CC1(C)CCOc2ccc(S(C)(=O)=O)cc21)C(F)(F)F. The standard InChI is InChI=1S/C17H19F3O4S/c1-4-7-16(21,17(18,19)20)11-15(2)8-9-24-14-6-5-12(10-13(14)15)25(3,22)23/h1,5-6,10,21H,7-9,11H2,2-3H3. The van der Waals surface area contributed by atoms with Crippen molar-refractivity contribution < 1.29 is 31.4 Å². The number of aliphatic hydroxyl groups is 1. The van der Waals surface area contributed by atoms with E-state index in [9.17, 15) is 26.7 Å². The van der Waals surface area contributed by atoms with E-state index in [-0.39, 0.29) is 17.9 Å². The van der Waals surface area contributed by atoms with Gasteiger partial charge in [-0.05, 0) is 31.0 Å². The van der Waals surface area contributed by atoms with Gasteiger partial charge < -0.3 is 9.84 Å². The van der Waals surface area contributed by atoms with Crippen LogP contribution in [-0.2, 0) is 15.3 Å².